The molecule has 4 nitrogen and oxygen atoms in total. The first-order valence-corrected chi connectivity index (χ1v) is 7.11. The van der Waals surface area contributed by atoms with Gasteiger partial charge in [-0.2, -0.15) is 0 Å². The largest absolute Gasteiger partial charge is 0.364 e. The zero-order chi connectivity index (χ0) is 13.0. The van der Waals surface area contributed by atoms with Crippen molar-refractivity contribution in [3.05, 3.63) is 18.0 Å². The van der Waals surface area contributed by atoms with Gasteiger partial charge in [-0.25, -0.2) is 0 Å². The maximum absolute atomic E-state index is 4.94. The van der Waals surface area contributed by atoms with Crippen LogP contribution in [0.4, 0.5) is 0 Å². The van der Waals surface area contributed by atoms with Crippen LogP contribution in [0.3, 0.4) is 0 Å². The van der Waals surface area contributed by atoms with Crippen LogP contribution in [0.2, 0.25) is 0 Å². The van der Waals surface area contributed by atoms with E-state index in [0.717, 1.165) is 25.3 Å². The minimum atomic E-state index is 0.273. The molecule has 1 saturated heterocycles. The van der Waals surface area contributed by atoms with Gasteiger partial charge < -0.3 is 9.84 Å². The van der Waals surface area contributed by atoms with Crippen LogP contribution in [0.5, 0.6) is 0 Å². The lowest BCUT2D eigenvalue weighted by Gasteiger charge is -2.47. The van der Waals surface area contributed by atoms with E-state index in [2.05, 4.69) is 36.1 Å². The first kappa shape index (κ1) is 13.6. The lowest BCUT2D eigenvalue weighted by Crippen LogP contribution is -2.63. The molecule has 1 fully saturated rings. The lowest BCUT2D eigenvalue weighted by atomic mass is 9.88. The summed E-state index contributed by atoms with van der Waals surface area (Å²) in [5.74, 6) is 0. The van der Waals surface area contributed by atoms with Crippen molar-refractivity contribution >= 4 is 0 Å². The highest BCUT2D eigenvalue weighted by atomic mass is 16.5. The number of piperazine rings is 1. The fourth-order valence-electron chi connectivity index (χ4n) is 2.88. The predicted octanol–water partition coefficient (Wildman–Crippen LogP) is 2.42. The predicted molar refractivity (Wildman–Crippen MR) is 72.3 cm³/mol. The summed E-state index contributed by atoms with van der Waals surface area (Å²) in [6.07, 6.45) is 5.18. The number of nitrogens with zero attached hydrogens (tertiary/aromatic N) is 2. The van der Waals surface area contributed by atoms with Gasteiger partial charge in [-0.3, -0.25) is 4.90 Å². The van der Waals surface area contributed by atoms with E-state index in [4.69, 9.17) is 4.52 Å². The van der Waals surface area contributed by atoms with Crippen LogP contribution in [0.1, 0.15) is 45.7 Å². The molecule has 2 rings (SSSR count). The quantitative estimate of drug-likeness (QED) is 0.872. The summed E-state index contributed by atoms with van der Waals surface area (Å²) in [5.41, 5.74) is 1.31. The first-order chi connectivity index (χ1) is 8.73. The molecule has 0 radical (unpaired) electrons. The van der Waals surface area contributed by atoms with Crippen molar-refractivity contribution in [1.29, 1.82) is 0 Å². The molecule has 0 saturated carbocycles. The zero-order valence-electron chi connectivity index (χ0n) is 11.8. The van der Waals surface area contributed by atoms with Crippen LogP contribution in [0, 0.1) is 0 Å². The van der Waals surface area contributed by atoms with Gasteiger partial charge in [-0.1, -0.05) is 25.9 Å². The first-order valence-electron chi connectivity index (χ1n) is 7.11. The van der Waals surface area contributed by atoms with Crippen LogP contribution in [-0.4, -0.2) is 34.7 Å². The van der Waals surface area contributed by atoms with Crippen LogP contribution in [0.25, 0.3) is 0 Å². The molecular weight excluding hydrogens is 226 g/mol. The van der Waals surface area contributed by atoms with Gasteiger partial charge in [-0.15, -0.1) is 0 Å². The molecule has 18 heavy (non-hydrogen) atoms. The van der Waals surface area contributed by atoms with Crippen LogP contribution in [0.15, 0.2) is 16.9 Å². The Hall–Kier alpha value is -0.870. The maximum Gasteiger partial charge on any atom is 0.124 e. The molecule has 1 unspecified atom stereocenters. The third-order valence-corrected chi connectivity index (χ3v) is 4.42. The van der Waals surface area contributed by atoms with Crippen LogP contribution in [-0.2, 0) is 6.54 Å². The average Bonchev–Trinajstić information content (AvgIpc) is 2.91. The van der Waals surface area contributed by atoms with E-state index >= 15 is 0 Å². The molecule has 4 heteroatoms. The average molecular weight is 251 g/mol. The lowest BCUT2D eigenvalue weighted by molar-refractivity contribution is 0.0625. The van der Waals surface area contributed by atoms with Crippen LogP contribution < -0.4 is 5.32 Å². The summed E-state index contributed by atoms with van der Waals surface area (Å²) < 4.78 is 4.94. The van der Waals surface area contributed by atoms with E-state index in [1.165, 1.54) is 19.3 Å². The van der Waals surface area contributed by atoms with Gasteiger partial charge in [0, 0.05) is 37.3 Å². The van der Waals surface area contributed by atoms with E-state index < -0.39 is 0 Å². The van der Waals surface area contributed by atoms with Crippen molar-refractivity contribution in [1.82, 2.24) is 15.4 Å². The van der Waals surface area contributed by atoms with Gasteiger partial charge in [0.1, 0.15) is 6.26 Å². The zero-order valence-corrected chi connectivity index (χ0v) is 11.8. The van der Waals surface area contributed by atoms with E-state index in [9.17, 15) is 0 Å². The summed E-state index contributed by atoms with van der Waals surface area (Å²) in [6.45, 7) is 9.89. The molecule has 102 valence electrons. The molecule has 0 aliphatic carbocycles. The molecule has 2 heterocycles. The summed E-state index contributed by atoms with van der Waals surface area (Å²) in [4.78, 5) is 2.56. The Morgan fingerprint density at radius 1 is 1.44 bits per heavy atom. The van der Waals surface area contributed by atoms with Gasteiger partial charge >= 0.3 is 0 Å². The minimum absolute atomic E-state index is 0.273. The Morgan fingerprint density at radius 3 is 2.78 bits per heavy atom. The highest BCUT2D eigenvalue weighted by Gasteiger charge is 2.36. The molecule has 0 aromatic carbocycles. The third-order valence-electron chi connectivity index (χ3n) is 4.42. The summed E-state index contributed by atoms with van der Waals surface area (Å²) in [7, 11) is 0. The number of aromatic nitrogens is 1. The topological polar surface area (TPSA) is 41.3 Å². The molecule has 1 aromatic heterocycles. The Balaban J connectivity index is 2.07. The summed E-state index contributed by atoms with van der Waals surface area (Å²) >= 11 is 0. The van der Waals surface area contributed by atoms with Crippen molar-refractivity contribution in [3.8, 4) is 0 Å². The molecule has 1 aromatic rings. The molecule has 1 aliphatic rings. The van der Waals surface area contributed by atoms with E-state index in [-0.39, 0.29) is 5.54 Å². The standard InChI is InChI=1S/C14H25N3O/c1-4-13-9-15-14(5-2,6-3)11-17(13)10-12-7-8-18-16-12/h7-8,13,15H,4-6,9-11H2,1-3H3. The second-order valence-corrected chi connectivity index (χ2v) is 5.33. The number of hydrogen-bond donors (Lipinski definition) is 1. The number of hydrogen-bond acceptors (Lipinski definition) is 4. The van der Waals surface area contributed by atoms with E-state index in [1.807, 2.05) is 6.07 Å². The molecular formula is C14H25N3O. The Kier molecular flexibility index (Phi) is 4.40. The molecule has 1 atom stereocenters. The van der Waals surface area contributed by atoms with Crippen molar-refractivity contribution in [2.24, 2.45) is 0 Å². The second-order valence-electron chi connectivity index (χ2n) is 5.33. The summed E-state index contributed by atoms with van der Waals surface area (Å²) in [6, 6.07) is 2.57. The van der Waals surface area contributed by atoms with Crippen molar-refractivity contribution in [2.45, 2.75) is 58.2 Å². The minimum Gasteiger partial charge on any atom is -0.364 e. The Bertz CT molecular complexity index is 346. The fraction of sp³-hybridized carbons (Fsp3) is 0.786. The van der Waals surface area contributed by atoms with Gasteiger partial charge in [0.2, 0.25) is 0 Å². The monoisotopic (exact) mass is 251 g/mol. The van der Waals surface area contributed by atoms with E-state index in [0.29, 0.717) is 6.04 Å². The van der Waals surface area contributed by atoms with Gasteiger partial charge in [-0.05, 0) is 19.3 Å². The normalized spacial score (nSPS) is 24.3. The molecule has 0 amide bonds. The molecule has 0 spiro atoms. The van der Waals surface area contributed by atoms with Gasteiger partial charge in [0.25, 0.3) is 0 Å². The highest BCUT2D eigenvalue weighted by molar-refractivity contribution is 5.01. The SMILES string of the molecule is CCC1CNC(CC)(CC)CN1Cc1ccon1. The van der Waals surface area contributed by atoms with Gasteiger partial charge in [0.15, 0.2) is 0 Å². The Morgan fingerprint density at radius 2 is 2.22 bits per heavy atom. The van der Waals surface area contributed by atoms with E-state index in [1.54, 1.807) is 6.26 Å². The molecule has 1 aliphatic heterocycles. The Labute approximate surface area is 110 Å². The van der Waals surface area contributed by atoms with Crippen LogP contribution >= 0.6 is 0 Å². The van der Waals surface area contributed by atoms with Crippen molar-refractivity contribution < 1.29 is 4.52 Å². The number of rotatable bonds is 5. The van der Waals surface area contributed by atoms with Gasteiger partial charge in [0.05, 0.1) is 5.69 Å². The maximum atomic E-state index is 4.94. The highest BCUT2D eigenvalue weighted by Crippen LogP contribution is 2.25. The van der Waals surface area contributed by atoms with Crippen molar-refractivity contribution in [2.75, 3.05) is 13.1 Å². The second kappa shape index (κ2) is 5.85. The molecule has 0 bridgehead atoms. The molecule has 1 N–H and O–H groups in total. The van der Waals surface area contributed by atoms with Crippen molar-refractivity contribution in [3.63, 3.8) is 0 Å². The number of nitrogens with one attached hydrogen (secondary N) is 1. The third kappa shape index (κ3) is 2.75. The summed E-state index contributed by atoms with van der Waals surface area (Å²) in [5, 5.41) is 7.80. The fourth-order valence-corrected chi connectivity index (χ4v) is 2.88. The smallest absolute Gasteiger partial charge is 0.124 e.